The second-order valence-electron chi connectivity index (χ2n) is 4.29. The van der Waals surface area contributed by atoms with Crippen LogP contribution in [0.25, 0.3) is 0 Å². The third-order valence-corrected chi connectivity index (χ3v) is 2.98. The van der Waals surface area contributed by atoms with E-state index in [2.05, 4.69) is 5.32 Å². The molecule has 0 heterocycles. The van der Waals surface area contributed by atoms with Crippen LogP contribution in [0.4, 0.5) is 4.39 Å². The molecule has 2 rings (SSSR count). The molecule has 0 spiro atoms. The van der Waals surface area contributed by atoms with E-state index in [1.54, 1.807) is 0 Å². The Morgan fingerprint density at radius 3 is 2.35 bits per heavy atom. The van der Waals surface area contributed by atoms with E-state index in [0.29, 0.717) is 31.2 Å². The van der Waals surface area contributed by atoms with Gasteiger partial charge in [0.25, 0.3) is 5.91 Å². The highest BCUT2D eigenvalue weighted by atomic mass is 19.1. The van der Waals surface area contributed by atoms with Gasteiger partial charge in [0.1, 0.15) is 11.6 Å². The van der Waals surface area contributed by atoms with Crippen LogP contribution in [0, 0.1) is 5.82 Å². The number of amides is 1. The summed E-state index contributed by atoms with van der Waals surface area (Å²) in [6.07, 6.45) is 2.47. The van der Waals surface area contributed by atoms with E-state index in [4.69, 9.17) is 0 Å². The van der Waals surface area contributed by atoms with Crippen LogP contribution in [-0.2, 0) is 4.79 Å². The SMILES string of the molecule is O=C1CCC(NC(=O)c2ccc(F)cc2)CC1. The van der Waals surface area contributed by atoms with Crippen LogP contribution in [-0.4, -0.2) is 17.7 Å². The lowest BCUT2D eigenvalue weighted by Crippen LogP contribution is -2.37. The number of benzene rings is 1. The molecular weight excluding hydrogens is 221 g/mol. The molecule has 1 aliphatic carbocycles. The molecule has 0 atom stereocenters. The molecular formula is C13H14FNO2. The fourth-order valence-corrected chi connectivity index (χ4v) is 1.95. The monoisotopic (exact) mass is 235 g/mol. The molecule has 0 bridgehead atoms. The molecule has 90 valence electrons. The summed E-state index contributed by atoms with van der Waals surface area (Å²) in [5.74, 6) is -0.300. The first-order valence-electron chi connectivity index (χ1n) is 5.73. The van der Waals surface area contributed by atoms with Crippen molar-refractivity contribution in [1.82, 2.24) is 5.32 Å². The van der Waals surface area contributed by atoms with E-state index in [-0.39, 0.29) is 23.5 Å². The van der Waals surface area contributed by atoms with Gasteiger partial charge < -0.3 is 5.32 Å². The molecule has 1 amide bonds. The van der Waals surface area contributed by atoms with Crippen LogP contribution in [0.2, 0.25) is 0 Å². The second kappa shape index (κ2) is 5.08. The summed E-state index contributed by atoms with van der Waals surface area (Å²) in [5, 5.41) is 2.86. The van der Waals surface area contributed by atoms with Gasteiger partial charge in [-0.25, -0.2) is 4.39 Å². The summed E-state index contributed by atoms with van der Waals surface area (Å²) in [6.45, 7) is 0. The summed E-state index contributed by atoms with van der Waals surface area (Å²) in [6, 6.07) is 5.50. The van der Waals surface area contributed by atoms with Crippen molar-refractivity contribution >= 4 is 11.7 Å². The zero-order valence-electron chi connectivity index (χ0n) is 9.41. The van der Waals surface area contributed by atoms with Crippen molar-refractivity contribution in [2.24, 2.45) is 0 Å². The molecule has 1 aliphatic rings. The number of ketones is 1. The number of carbonyl (C=O) groups excluding carboxylic acids is 2. The molecule has 1 fully saturated rings. The van der Waals surface area contributed by atoms with Crippen molar-refractivity contribution in [3.8, 4) is 0 Å². The fraction of sp³-hybridized carbons (Fsp3) is 0.385. The molecule has 0 aliphatic heterocycles. The molecule has 1 N–H and O–H groups in total. The zero-order valence-corrected chi connectivity index (χ0v) is 9.41. The Balaban J connectivity index is 1.93. The standard InChI is InChI=1S/C13H14FNO2/c14-10-3-1-9(2-4-10)13(17)15-11-5-7-12(16)8-6-11/h1-4,11H,5-8H2,(H,15,17). The molecule has 0 radical (unpaired) electrons. The third kappa shape index (κ3) is 3.12. The lowest BCUT2D eigenvalue weighted by Gasteiger charge is -2.22. The van der Waals surface area contributed by atoms with Gasteiger partial charge in [0, 0.05) is 24.4 Å². The maximum atomic E-state index is 12.7. The highest BCUT2D eigenvalue weighted by molar-refractivity contribution is 5.94. The van der Waals surface area contributed by atoms with Gasteiger partial charge in [-0.05, 0) is 37.1 Å². The number of halogens is 1. The highest BCUT2D eigenvalue weighted by Crippen LogP contribution is 2.15. The minimum absolute atomic E-state index is 0.0604. The van der Waals surface area contributed by atoms with Crippen molar-refractivity contribution in [2.45, 2.75) is 31.7 Å². The molecule has 0 unspecified atom stereocenters. The van der Waals surface area contributed by atoms with Gasteiger partial charge in [-0.1, -0.05) is 0 Å². The van der Waals surface area contributed by atoms with Crippen molar-refractivity contribution < 1.29 is 14.0 Å². The van der Waals surface area contributed by atoms with Crippen LogP contribution < -0.4 is 5.32 Å². The number of hydrogen-bond acceptors (Lipinski definition) is 2. The normalized spacial score (nSPS) is 16.9. The van der Waals surface area contributed by atoms with E-state index in [1.165, 1.54) is 24.3 Å². The molecule has 1 saturated carbocycles. The molecule has 17 heavy (non-hydrogen) atoms. The van der Waals surface area contributed by atoms with E-state index < -0.39 is 0 Å². The first kappa shape index (κ1) is 11.8. The maximum Gasteiger partial charge on any atom is 0.251 e. The number of hydrogen-bond donors (Lipinski definition) is 1. The average Bonchev–Trinajstić information content (AvgIpc) is 2.33. The second-order valence-corrected chi connectivity index (χ2v) is 4.29. The highest BCUT2D eigenvalue weighted by Gasteiger charge is 2.20. The Labute approximate surface area is 99.0 Å². The molecule has 4 heteroatoms. The molecule has 3 nitrogen and oxygen atoms in total. The predicted octanol–water partition coefficient (Wildman–Crippen LogP) is 2.07. The molecule has 1 aromatic rings. The first-order chi connectivity index (χ1) is 8.15. The Bertz CT molecular complexity index is 418. The van der Waals surface area contributed by atoms with E-state index >= 15 is 0 Å². The zero-order chi connectivity index (χ0) is 12.3. The first-order valence-corrected chi connectivity index (χ1v) is 5.73. The van der Waals surface area contributed by atoms with Crippen LogP contribution in [0.3, 0.4) is 0 Å². The summed E-state index contributed by atoms with van der Waals surface area (Å²) in [7, 11) is 0. The number of nitrogens with one attached hydrogen (secondary N) is 1. The van der Waals surface area contributed by atoms with Crippen molar-refractivity contribution in [1.29, 1.82) is 0 Å². The van der Waals surface area contributed by atoms with Crippen LogP contribution in [0.15, 0.2) is 24.3 Å². The van der Waals surface area contributed by atoms with Crippen LogP contribution >= 0.6 is 0 Å². The Kier molecular flexibility index (Phi) is 3.52. The van der Waals surface area contributed by atoms with Gasteiger partial charge in [0.2, 0.25) is 0 Å². The van der Waals surface area contributed by atoms with Crippen molar-refractivity contribution in [3.63, 3.8) is 0 Å². The van der Waals surface area contributed by atoms with Crippen LogP contribution in [0.5, 0.6) is 0 Å². The Morgan fingerprint density at radius 1 is 1.18 bits per heavy atom. The Morgan fingerprint density at radius 2 is 1.76 bits per heavy atom. The van der Waals surface area contributed by atoms with Crippen LogP contribution in [0.1, 0.15) is 36.0 Å². The van der Waals surface area contributed by atoms with Crippen molar-refractivity contribution in [3.05, 3.63) is 35.6 Å². The third-order valence-electron chi connectivity index (χ3n) is 2.98. The quantitative estimate of drug-likeness (QED) is 0.852. The minimum atomic E-state index is -0.357. The average molecular weight is 235 g/mol. The molecule has 0 aromatic heterocycles. The topological polar surface area (TPSA) is 46.2 Å². The summed E-state index contributed by atoms with van der Waals surface area (Å²) < 4.78 is 12.7. The van der Waals surface area contributed by atoms with Crippen molar-refractivity contribution in [2.75, 3.05) is 0 Å². The van der Waals surface area contributed by atoms with Gasteiger partial charge in [-0.2, -0.15) is 0 Å². The van der Waals surface area contributed by atoms with E-state index in [1.807, 2.05) is 0 Å². The molecule has 0 saturated heterocycles. The molecule has 1 aromatic carbocycles. The lowest BCUT2D eigenvalue weighted by molar-refractivity contribution is -0.120. The summed E-state index contributed by atoms with van der Waals surface area (Å²) >= 11 is 0. The smallest absolute Gasteiger partial charge is 0.251 e. The number of carbonyl (C=O) groups is 2. The number of rotatable bonds is 2. The number of Topliss-reactive ketones (excluding diaryl/α,β-unsaturated/α-hetero) is 1. The summed E-state index contributed by atoms with van der Waals surface area (Å²) in [4.78, 5) is 22.8. The van der Waals surface area contributed by atoms with E-state index in [9.17, 15) is 14.0 Å². The van der Waals surface area contributed by atoms with Gasteiger partial charge in [0.15, 0.2) is 0 Å². The fourth-order valence-electron chi connectivity index (χ4n) is 1.95. The van der Waals surface area contributed by atoms with E-state index in [0.717, 1.165) is 0 Å². The lowest BCUT2D eigenvalue weighted by atomic mass is 9.94. The van der Waals surface area contributed by atoms with Gasteiger partial charge in [-0.15, -0.1) is 0 Å². The minimum Gasteiger partial charge on any atom is -0.349 e. The summed E-state index contributed by atoms with van der Waals surface area (Å²) in [5.41, 5.74) is 0.448. The van der Waals surface area contributed by atoms with Gasteiger partial charge >= 0.3 is 0 Å². The predicted molar refractivity (Wildman–Crippen MR) is 61.1 cm³/mol. The maximum absolute atomic E-state index is 12.7. The van der Waals surface area contributed by atoms with Gasteiger partial charge in [-0.3, -0.25) is 9.59 Å². The van der Waals surface area contributed by atoms with Gasteiger partial charge in [0.05, 0.1) is 0 Å². The Hall–Kier alpha value is -1.71. The largest absolute Gasteiger partial charge is 0.349 e.